The van der Waals surface area contributed by atoms with Crippen LogP contribution in [0, 0.1) is 0 Å². The van der Waals surface area contributed by atoms with Gasteiger partial charge in [0.05, 0.1) is 26.9 Å². The van der Waals surface area contributed by atoms with Crippen LogP contribution < -0.4 is 0 Å². The first-order valence-corrected chi connectivity index (χ1v) is 7.48. The summed E-state index contributed by atoms with van der Waals surface area (Å²) in [5, 5.41) is 18.6. The van der Waals surface area contributed by atoms with Gasteiger partial charge in [0.1, 0.15) is 5.52 Å². The van der Waals surface area contributed by atoms with E-state index in [1.165, 1.54) is 0 Å². The molecule has 2 aromatic rings. The van der Waals surface area contributed by atoms with E-state index in [9.17, 15) is 0 Å². The van der Waals surface area contributed by atoms with E-state index in [1.807, 2.05) is 4.57 Å². The standard InChI is InChI=1S/C12H14BCl3N2O2/c14-8-6-9-12(11(16)10(8)15)17-7-18(9)5-3-1-2-4-13(19)20/h6-7,19-20H,1-5H2. The Bertz CT molecular complexity index is 604. The maximum absolute atomic E-state index is 8.76. The van der Waals surface area contributed by atoms with Crippen molar-refractivity contribution in [2.75, 3.05) is 0 Å². The molecule has 0 aliphatic rings. The molecule has 0 aliphatic heterocycles. The van der Waals surface area contributed by atoms with E-state index in [0.29, 0.717) is 26.9 Å². The third-order valence-electron chi connectivity index (χ3n) is 3.11. The molecule has 20 heavy (non-hydrogen) atoms. The first-order chi connectivity index (χ1) is 9.50. The lowest BCUT2D eigenvalue weighted by atomic mass is 9.83. The van der Waals surface area contributed by atoms with Gasteiger partial charge in [-0.2, -0.15) is 0 Å². The van der Waals surface area contributed by atoms with E-state index in [0.717, 1.165) is 31.3 Å². The van der Waals surface area contributed by atoms with Crippen molar-refractivity contribution in [3.8, 4) is 0 Å². The van der Waals surface area contributed by atoms with Gasteiger partial charge < -0.3 is 14.6 Å². The molecule has 2 N–H and O–H groups in total. The zero-order chi connectivity index (χ0) is 14.7. The van der Waals surface area contributed by atoms with Crippen LogP contribution in [0.25, 0.3) is 11.0 Å². The van der Waals surface area contributed by atoms with Crippen molar-refractivity contribution in [1.82, 2.24) is 9.55 Å². The van der Waals surface area contributed by atoms with E-state index in [4.69, 9.17) is 44.9 Å². The number of unbranched alkanes of at least 4 members (excludes halogenated alkanes) is 2. The number of halogens is 3. The molecule has 0 atom stereocenters. The Kier molecular flexibility index (Phi) is 5.58. The molecule has 1 aromatic carbocycles. The molecular formula is C12H14BCl3N2O2. The molecule has 0 saturated heterocycles. The maximum Gasteiger partial charge on any atom is 0.451 e. The van der Waals surface area contributed by atoms with Crippen LogP contribution in [0.1, 0.15) is 19.3 Å². The number of hydrogen-bond donors (Lipinski definition) is 2. The lowest BCUT2D eigenvalue weighted by Crippen LogP contribution is -2.09. The highest BCUT2D eigenvalue weighted by Crippen LogP contribution is 2.36. The Morgan fingerprint density at radius 3 is 2.55 bits per heavy atom. The summed E-state index contributed by atoms with van der Waals surface area (Å²) in [4.78, 5) is 4.26. The molecule has 1 heterocycles. The fourth-order valence-electron chi connectivity index (χ4n) is 2.07. The molecule has 8 heteroatoms. The molecule has 0 amide bonds. The molecule has 0 spiro atoms. The Morgan fingerprint density at radius 1 is 1.10 bits per heavy atom. The van der Waals surface area contributed by atoms with Gasteiger partial charge >= 0.3 is 7.12 Å². The van der Waals surface area contributed by atoms with Crippen LogP contribution in [0.2, 0.25) is 21.4 Å². The summed E-state index contributed by atoms with van der Waals surface area (Å²) >= 11 is 18.1. The monoisotopic (exact) mass is 334 g/mol. The molecule has 0 unspecified atom stereocenters. The van der Waals surface area contributed by atoms with Gasteiger partial charge in [0, 0.05) is 6.54 Å². The zero-order valence-corrected chi connectivity index (χ0v) is 13.0. The number of rotatable bonds is 6. The minimum atomic E-state index is -1.22. The number of imidazole rings is 1. The SMILES string of the molecule is OB(O)CCCCCn1cnc2c(Cl)c(Cl)c(Cl)cc21. The number of aromatic nitrogens is 2. The topological polar surface area (TPSA) is 58.3 Å². The second-order valence-electron chi connectivity index (χ2n) is 4.62. The summed E-state index contributed by atoms with van der Waals surface area (Å²) in [5.41, 5.74) is 1.50. The number of fused-ring (bicyclic) bond motifs is 1. The summed E-state index contributed by atoms with van der Waals surface area (Å²) < 4.78 is 1.97. The van der Waals surface area contributed by atoms with E-state index in [-0.39, 0.29) is 0 Å². The molecule has 0 saturated carbocycles. The summed E-state index contributed by atoms with van der Waals surface area (Å²) in [5.74, 6) is 0. The fourth-order valence-corrected chi connectivity index (χ4v) is 2.71. The van der Waals surface area contributed by atoms with Crippen LogP contribution in [0.3, 0.4) is 0 Å². The molecule has 0 bridgehead atoms. The van der Waals surface area contributed by atoms with Crippen LogP contribution in [-0.2, 0) is 6.54 Å². The highest BCUT2D eigenvalue weighted by atomic mass is 35.5. The largest absolute Gasteiger partial charge is 0.451 e. The van der Waals surface area contributed by atoms with Crippen LogP contribution in [0.15, 0.2) is 12.4 Å². The van der Waals surface area contributed by atoms with Crippen molar-refractivity contribution in [2.45, 2.75) is 32.1 Å². The van der Waals surface area contributed by atoms with E-state index in [1.54, 1.807) is 12.4 Å². The van der Waals surface area contributed by atoms with E-state index < -0.39 is 7.12 Å². The van der Waals surface area contributed by atoms with Crippen molar-refractivity contribution in [3.63, 3.8) is 0 Å². The average Bonchev–Trinajstić information content (AvgIpc) is 2.78. The molecule has 0 radical (unpaired) electrons. The van der Waals surface area contributed by atoms with Gasteiger partial charge in [-0.3, -0.25) is 0 Å². The highest BCUT2D eigenvalue weighted by Gasteiger charge is 2.13. The lowest BCUT2D eigenvalue weighted by Gasteiger charge is -2.06. The lowest BCUT2D eigenvalue weighted by molar-refractivity contribution is 0.401. The second-order valence-corrected chi connectivity index (χ2v) is 5.79. The predicted molar refractivity (Wildman–Crippen MR) is 83.6 cm³/mol. The van der Waals surface area contributed by atoms with Crippen molar-refractivity contribution in [2.24, 2.45) is 0 Å². The Morgan fingerprint density at radius 2 is 1.85 bits per heavy atom. The van der Waals surface area contributed by atoms with Gasteiger partial charge in [0.25, 0.3) is 0 Å². The van der Waals surface area contributed by atoms with Crippen LogP contribution in [0.4, 0.5) is 0 Å². The van der Waals surface area contributed by atoms with Gasteiger partial charge in [-0.05, 0) is 18.8 Å². The number of hydrogen-bond acceptors (Lipinski definition) is 3. The molecule has 0 aliphatic carbocycles. The molecule has 108 valence electrons. The summed E-state index contributed by atoms with van der Waals surface area (Å²) in [6.45, 7) is 0.770. The third-order valence-corrected chi connectivity index (χ3v) is 4.37. The zero-order valence-electron chi connectivity index (χ0n) is 10.7. The van der Waals surface area contributed by atoms with Gasteiger partial charge in [-0.25, -0.2) is 4.98 Å². The molecule has 0 fully saturated rings. The van der Waals surface area contributed by atoms with Crippen molar-refractivity contribution >= 4 is 53.0 Å². The number of benzene rings is 1. The Labute approximate surface area is 132 Å². The second kappa shape index (κ2) is 7.01. The van der Waals surface area contributed by atoms with Crippen LogP contribution in [-0.4, -0.2) is 26.7 Å². The molecule has 2 rings (SSSR count). The summed E-state index contributed by atoms with van der Waals surface area (Å²) in [6.07, 6.45) is 4.71. The van der Waals surface area contributed by atoms with E-state index >= 15 is 0 Å². The van der Waals surface area contributed by atoms with Gasteiger partial charge in [-0.1, -0.05) is 47.6 Å². The Hall–Kier alpha value is -0.455. The molecular weight excluding hydrogens is 321 g/mol. The fraction of sp³-hybridized carbons (Fsp3) is 0.417. The van der Waals surface area contributed by atoms with Crippen LogP contribution >= 0.6 is 34.8 Å². The van der Waals surface area contributed by atoms with Crippen molar-refractivity contribution < 1.29 is 10.0 Å². The predicted octanol–water partition coefficient (Wildman–Crippen LogP) is 3.64. The number of nitrogens with zero attached hydrogens (tertiary/aromatic N) is 2. The summed E-state index contributed by atoms with van der Waals surface area (Å²) in [6, 6.07) is 1.76. The normalized spacial score (nSPS) is 11.2. The first kappa shape index (κ1) is 15.9. The first-order valence-electron chi connectivity index (χ1n) is 6.35. The quantitative estimate of drug-likeness (QED) is 0.481. The van der Waals surface area contributed by atoms with Gasteiger partial charge in [0.15, 0.2) is 0 Å². The van der Waals surface area contributed by atoms with Crippen molar-refractivity contribution in [3.05, 3.63) is 27.5 Å². The van der Waals surface area contributed by atoms with Gasteiger partial charge in [-0.15, -0.1) is 0 Å². The minimum absolute atomic E-state index is 0.322. The maximum atomic E-state index is 8.76. The molecule has 1 aromatic heterocycles. The Balaban J connectivity index is 2.04. The number of aryl methyl sites for hydroxylation is 1. The van der Waals surface area contributed by atoms with Gasteiger partial charge in [0.2, 0.25) is 0 Å². The smallest absolute Gasteiger partial charge is 0.427 e. The van der Waals surface area contributed by atoms with E-state index in [2.05, 4.69) is 4.98 Å². The molecule has 4 nitrogen and oxygen atoms in total. The minimum Gasteiger partial charge on any atom is -0.427 e. The highest BCUT2D eigenvalue weighted by molar-refractivity contribution is 6.50. The average molecular weight is 335 g/mol. The summed E-state index contributed by atoms with van der Waals surface area (Å²) in [7, 11) is -1.22. The van der Waals surface area contributed by atoms with Crippen molar-refractivity contribution in [1.29, 1.82) is 0 Å². The third kappa shape index (κ3) is 3.60. The van der Waals surface area contributed by atoms with Crippen LogP contribution in [0.5, 0.6) is 0 Å².